The van der Waals surface area contributed by atoms with Crippen molar-refractivity contribution in [1.82, 2.24) is 4.98 Å². The molecule has 32 heavy (non-hydrogen) atoms. The average Bonchev–Trinajstić information content (AvgIpc) is 2.63. The third-order valence-corrected chi connectivity index (χ3v) is 5.64. The molecule has 0 bridgehead atoms. The van der Waals surface area contributed by atoms with Gasteiger partial charge in [0.1, 0.15) is 11.6 Å². The maximum atomic E-state index is 12.6. The van der Waals surface area contributed by atoms with E-state index in [0.717, 1.165) is 60.2 Å². The van der Waals surface area contributed by atoms with Gasteiger partial charge in [-0.15, -0.1) is 0 Å². The van der Waals surface area contributed by atoms with E-state index < -0.39 is 0 Å². The number of nitrogens with two attached hydrogens (primary N) is 1. The molecule has 5 heteroatoms. The fourth-order valence-electron chi connectivity index (χ4n) is 3.91. The SMILES string of the molecule is Cc1cc(N)nc(CCCCCCC(=O)Nc2cc(C(C)(C)C)c(O)c(C(C)(C)C)c2)c1. The van der Waals surface area contributed by atoms with Crippen molar-refractivity contribution in [3.05, 3.63) is 46.6 Å². The summed E-state index contributed by atoms with van der Waals surface area (Å²) in [6, 6.07) is 7.77. The van der Waals surface area contributed by atoms with E-state index in [9.17, 15) is 9.90 Å². The molecule has 176 valence electrons. The quantitative estimate of drug-likeness (QED) is 0.328. The lowest BCUT2D eigenvalue weighted by Gasteiger charge is -2.28. The standard InChI is InChI=1S/C27H41N3O2/c1-18-14-19(29-23(28)15-18)12-10-8-9-11-13-24(31)30-20-16-21(26(2,3)4)25(32)22(17-20)27(5,6)7/h14-17,32H,8-13H2,1-7H3,(H2,28,29)(H,30,31). The molecule has 0 unspecified atom stereocenters. The second-order valence-electron chi connectivity index (χ2n) is 10.9. The van der Waals surface area contributed by atoms with Crippen LogP contribution < -0.4 is 11.1 Å². The summed E-state index contributed by atoms with van der Waals surface area (Å²) in [5.41, 5.74) is 10.0. The first-order valence-electron chi connectivity index (χ1n) is 11.7. The molecule has 0 saturated heterocycles. The summed E-state index contributed by atoms with van der Waals surface area (Å²) in [7, 11) is 0. The van der Waals surface area contributed by atoms with Crippen LogP contribution in [0.5, 0.6) is 5.75 Å². The zero-order valence-corrected chi connectivity index (χ0v) is 20.9. The van der Waals surface area contributed by atoms with Gasteiger partial charge in [0.2, 0.25) is 5.91 Å². The minimum atomic E-state index is -0.221. The summed E-state index contributed by atoms with van der Waals surface area (Å²) in [6.45, 7) is 14.5. The number of aryl methyl sites for hydroxylation is 2. The Hall–Kier alpha value is -2.56. The minimum Gasteiger partial charge on any atom is -0.507 e. The van der Waals surface area contributed by atoms with Gasteiger partial charge >= 0.3 is 0 Å². The van der Waals surface area contributed by atoms with Crippen molar-refractivity contribution < 1.29 is 9.90 Å². The smallest absolute Gasteiger partial charge is 0.224 e. The molecule has 2 rings (SSSR count). The van der Waals surface area contributed by atoms with Crippen LogP contribution in [0.1, 0.15) is 96.0 Å². The number of hydrogen-bond donors (Lipinski definition) is 3. The first-order valence-corrected chi connectivity index (χ1v) is 11.7. The molecule has 2 aromatic rings. The molecule has 1 amide bonds. The number of carbonyl (C=O) groups is 1. The highest BCUT2D eigenvalue weighted by Gasteiger charge is 2.26. The number of aromatic nitrogens is 1. The molecule has 0 spiro atoms. The highest BCUT2D eigenvalue weighted by molar-refractivity contribution is 5.91. The van der Waals surface area contributed by atoms with Crippen LogP contribution in [0, 0.1) is 6.92 Å². The highest BCUT2D eigenvalue weighted by Crippen LogP contribution is 2.41. The van der Waals surface area contributed by atoms with Crippen molar-refractivity contribution in [1.29, 1.82) is 0 Å². The van der Waals surface area contributed by atoms with E-state index in [1.807, 2.05) is 25.1 Å². The predicted molar refractivity (Wildman–Crippen MR) is 134 cm³/mol. The van der Waals surface area contributed by atoms with Crippen molar-refractivity contribution in [2.45, 2.75) is 97.8 Å². The molecule has 0 aliphatic heterocycles. The van der Waals surface area contributed by atoms with E-state index in [-0.39, 0.29) is 16.7 Å². The second kappa shape index (κ2) is 10.4. The lowest BCUT2D eigenvalue weighted by atomic mass is 9.79. The van der Waals surface area contributed by atoms with Crippen LogP contribution in [0.2, 0.25) is 0 Å². The van der Waals surface area contributed by atoms with Gasteiger partial charge in [-0.25, -0.2) is 4.98 Å². The fourth-order valence-corrected chi connectivity index (χ4v) is 3.91. The largest absolute Gasteiger partial charge is 0.507 e. The van der Waals surface area contributed by atoms with Gasteiger partial charge in [0.15, 0.2) is 0 Å². The lowest BCUT2D eigenvalue weighted by Crippen LogP contribution is -2.19. The summed E-state index contributed by atoms with van der Waals surface area (Å²) in [6.07, 6.45) is 5.36. The number of unbranched alkanes of at least 4 members (excludes halogenated alkanes) is 3. The van der Waals surface area contributed by atoms with E-state index in [2.05, 4.69) is 57.9 Å². The molecular weight excluding hydrogens is 398 g/mol. The Morgan fingerprint density at radius 1 is 0.938 bits per heavy atom. The Labute approximate surface area is 193 Å². The van der Waals surface area contributed by atoms with Crippen LogP contribution in [0.4, 0.5) is 11.5 Å². The zero-order valence-electron chi connectivity index (χ0n) is 20.9. The van der Waals surface area contributed by atoms with E-state index >= 15 is 0 Å². The summed E-state index contributed by atoms with van der Waals surface area (Å²) in [5, 5.41) is 13.9. The molecule has 1 aromatic heterocycles. The molecule has 4 N–H and O–H groups in total. The van der Waals surface area contributed by atoms with Crippen molar-refractivity contribution in [3.63, 3.8) is 0 Å². The third-order valence-electron chi connectivity index (χ3n) is 5.64. The van der Waals surface area contributed by atoms with Gasteiger partial charge in [0.05, 0.1) is 0 Å². The minimum absolute atomic E-state index is 0.0172. The van der Waals surface area contributed by atoms with Crippen LogP contribution >= 0.6 is 0 Å². The van der Waals surface area contributed by atoms with Crippen molar-refractivity contribution in [3.8, 4) is 5.75 Å². The molecule has 1 aromatic carbocycles. The molecule has 0 fully saturated rings. The number of amides is 1. The number of nitrogens with zero attached hydrogens (tertiary/aromatic N) is 1. The van der Waals surface area contributed by atoms with Crippen LogP contribution in [0.15, 0.2) is 24.3 Å². The topological polar surface area (TPSA) is 88.2 Å². The predicted octanol–water partition coefficient (Wildman–Crippen LogP) is 6.40. The molecule has 0 radical (unpaired) electrons. The summed E-state index contributed by atoms with van der Waals surface area (Å²) in [5.74, 6) is 0.923. The van der Waals surface area contributed by atoms with Gasteiger partial charge in [-0.05, 0) is 66.8 Å². The molecule has 0 aliphatic carbocycles. The van der Waals surface area contributed by atoms with Gasteiger partial charge in [-0.3, -0.25) is 4.79 Å². The van der Waals surface area contributed by atoms with E-state index in [4.69, 9.17) is 5.73 Å². The van der Waals surface area contributed by atoms with E-state index in [0.29, 0.717) is 18.0 Å². The Kier molecular flexibility index (Phi) is 8.33. The number of phenolic OH excluding ortho intramolecular Hbond substituents is 1. The number of carbonyl (C=O) groups excluding carboxylic acids is 1. The fraction of sp³-hybridized carbons (Fsp3) is 0.556. The number of rotatable bonds is 8. The zero-order chi connectivity index (χ0) is 24.1. The van der Waals surface area contributed by atoms with E-state index in [1.165, 1.54) is 0 Å². The average molecular weight is 440 g/mol. The Balaban J connectivity index is 1.88. The molecule has 0 aliphatic rings. The number of anilines is 2. The van der Waals surface area contributed by atoms with Crippen LogP contribution in [0.3, 0.4) is 0 Å². The van der Waals surface area contributed by atoms with Gasteiger partial charge in [0, 0.05) is 28.9 Å². The summed E-state index contributed by atoms with van der Waals surface area (Å²) < 4.78 is 0. The number of aromatic hydroxyl groups is 1. The van der Waals surface area contributed by atoms with Crippen LogP contribution in [0.25, 0.3) is 0 Å². The van der Waals surface area contributed by atoms with E-state index in [1.54, 1.807) is 0 Å². The molecular formula is C27H41N3O2. The Bertz CT molecular complexity index is 882. The van der Waals surface area contributed by atoms with Gasteiger partial charge in [-0.1, -0.05) is 54.4 Å². The number of benzene rings is 1. The normalized spacial score (nSPS) is 12.1. The monoisotopic (exact) mass is 439 g/mol. The Morgan fingerprint density at radius 3 is 2.03 bits per heavy atom. The molecule has 1 heterocycles. The number of nitrogen functional groups attached to an aromatic ring is 1. The van der Waals surface area contributed by atoms with Crippen LogP contribution in [-0.2, 0) is 22.0 Å². The molecule has 0 atom stereocenters. The molecule has 0 saturated carbocycles. The first-order chi connectivity index (χ1) is 14.8. The number of hydrogen-bond acceptors (Lipinski definition) is 4. The van der Waals surface area contributed by atoms with Crippen molar-refractivity contribution in [2.24, 2.45) is 0 Å². The maximum absolute atomic E-state index is 12.6. The summed E-state index contributed by atoms with van der Waals surface area (Å²) >= 11 is 0. The second-order valence-corrected chi connectivity index (χ2v) is 10.9. The van der Waals surface area contributed by atoms with Gasteiger partial charge in [0.25, 0.3) is 0 Å². The lowest BCUT2D eigenvalue weighted by molar-refractivity contribution is -0.116. The third kappa shape index (κ3) is 7.54. The molecule has 5 nitrogen and oxygen atoms in total. The van der Waals surface area contributed by atoms with Crippen molar-refractivity contribution in [2.75, 3.05) is 11.1 Å². The number of pyridine rings is 1. The summed E-state index contributed by atoms with van der Waals surface area (Å²) in [4.78, 5) is 16.9. The maximum Gasteiger partial charge on any atom is 0.224 e. The van der Waals surface area contributed by atoms with Crippen LogP contribution in [-0.4, -0.2) is 16.0 Å². The highest BCUT2D eigenvalue weighted by atomic mass is 16.3. The number of nitrogens with one attached hydrogen (secondary N) is 1. The van der Waals surface area contributed by atoms with Crippen molar-refractivity contribution >= 4 is 17.4 Å². The Morgan fingerprint density at radius 2 is 1.50 bits per heavy atom. The van der Waals surface area contributed by atoms with Gasteiger partial charge in [-0.2, -0.15) is 0 Å². The number of phenols is 1. The first kappa shape index (κ1) is 25.7. The van der Waals surface area contributed by atoms with Gasteiger partial charge < -0.3 is 16.2 Å².